The second-order valence-electron chi connectivity index (χ2n) is 4.48. The van der Waals surface area contributed by atoms with E-state index in [1.165, 1.54) is 42.2 Å². The highest BCUT2D eigenvalue weighted by Gasteiger charge is 2.14. The maximum atomic E-state index is 4.61. The number of rotatable bonds is 4. The number of hydrogen-bond donors (Lipinski definition) is 0. The first-order valence-electron chi connectivity index (χ1n) is 6.02. The smallest absolute Gasteiger partial charge is 0.0732 e. The third-order valence-corrected chi connectivity index (χ3v) is 4.35. The van der Waals surface area contributed by atoms with Gasteiger partial charge in [-0.1, -0.05) is 0 Å². The highest BCUT2D eigenvalue weighted by atomic mass is 32.2. The first-order valence-corrected chi connectivity index (χ1v) is 7.25. The predicted octanol–water partition coefficient (Wildman–Crippen LogP) is 2.32. The molecule has 4 heteroatoms. The van der Waals surface area contributed by atoms with Gasteiger partial charge < -0.3 is 4.90 Å². The SMILES string of the molecule is CSc1c(C)nn(CCN2CCCC2)c1C. The monoisotopic (exact) mass is 239 g/mol. The van der Waals surface area contributed by atoms with Gasteiger partial charge in [0.05, 0.1) is 17.1 Å². The van der Waals surface area contributed by atoms with Gasteiger partial charge in [0.2, 0.25) is 0 Å². The van der Waals surface area contributed by atoms with Crippen molar-refractivity contribution in [3.8, 4) is 0 Å². The van der Waals surface area contributed by atoms with Crippen LogP contribution in [0.2, 0.25) is 0 Å². The van der Waals surface area contributed by atoms with E-state index in [4.69, 9.17) is 0 Å². The fraction of sp³-hybridized carbons (Fsp3) is 0.750. The second kappa shape index (κ2) is 5.23. The second-order valence-corrected chi connectivity index (χ2v) is 5.29. The van der Waals surface area contributed by atoms with Crippen molar-refractivity contribution in [1.82, 2.24) is 14.7 Å². The molecule has 0 unspecified atom stereocenters. The molecule has 0 radical (unpaired) electrons. The lowest BCUT2D eigenvalue weighted by Gasteiger charge is -2.14. The first kappa shape index (κ1) is 12.0. The minimum Gasteiger partial charge on any atom is -0.301 e. The molecule has 16 heavy (non-hydrogen) atoms. The number of nitrogens with zero attached hydrogens (tertiary/aromatic N) is 3. The van der Waals surface area contributed by atoms with E-state index in [0.29, 0.717) is 0 Å². The highest BCUT2D eigenvalue weighted by Crippen LogP contribution is 2.23. The topological polar surface area (TPSA) is 21.1 Å². The molecule has 3 nitrogen and oxygen atoms in total. The molecule has 1 aromatic rings. The lowest BCUT2D eigenvalue weighted by atomic mass is 10.4. The van der Waals surface area contributed by atoms with Crippen LogP contribution >= 0.6 is 11.8 Å². The third-order valence-electron chi connectivity index (χ3n) is 3.35. The van der Waals surface area contributed by atoms with Gasteiger partial charge in [-0.25, -0.2) is 0 Å². The molecule has 0 saturated carbocycles. The predicted molar refractivity (Wildman–Crippen MR) is 69.2 cm³/mol. The summed E-state index contributed by atoms with van der Waals surface area (Å²) in [6, 6.07) is 0. The lowest BCUT2D eigenvalue weighted by Crippen LogP contribution is -2.24. The summed E-state index contributed by atoms with van der Waals surface area (Å²) in [6.45, 7) is 9.01. The zero-order chi connectivity index (χ0) is 11.5. The van der Waals surface area contributed by atoms with Crippen LogP contribution in [0, 0.1) is 13.8 Å². The zero-order valence-corrected chi connectivity index (χ0v) is 11.3. The van der Waals surface area contributed by atoms with Crippen molar-refractivity contribution in [2.75, 3.05) is 25.9 Å². The number of thioether (sulfide) groups is 1. The minimum absolute atomic E-state index is 1.03. The molecule has 90 valence electrons. The van der Waals surface area contributed by atoms with Gasteiger partial charge in [-0.3, -0.25) is 4.68 Å². The number of likely N-dealkylation sites (tertiary alicyclic amines) is 1. The fourth-order valence-corrected chi connectivity index (χ4v) is 3.17. The zero-order valence-electron chi connectivity index (χ0n) is 10.5. The molecular formula is C12H21N3S. The van der Waals surface area contributed by atoms with Crippen molar-refractivity contribution in [2.24, 2.45) is 0 Å². The Labute approximate surface area is 102 Å². The molecule has 0 bridgehead atoms. The average molecular weight is 239 g/mol. The van der Waals surface area contributed by atoms with E-state index in [2.05, 4.69) is 34.8 Å². The van der Waals surface area contributed by atoms with Crippen molar-refractivity contribution >= 4 is 11.8 Å². The molecule has 2 rings (SSSR count). The number of hydrogen-bond acceptors (Lipinski definition) is 3. The molecule has 2 heterocycles. The van der Waals surface area contributed by atoms with Crippen LogP contribution in [0.4, 0.5) is 0 Å². The van der Waals surface area contributed by atoms with Crippen molar-refractivity contribution in [3.05, 3.63) is 11.4 Å². The average Bonchev–Trinajstić information content (AvgIpc) is 2.85. The molecule has 1 aliphatic rings. The van der Waals surface area contributed by atoms with Gasteiger partial charge in [0, 0.05) is 12.2 Å². The Kier molecular flexibility index (Phi) is 3.92. The molecule has 0 N–H and O–H groups in total. The van der Waals surface area contributed by atoms with Gasteiger partial charge in [-0.15, -0.1) is 11.8 Å². The maximum Gasteiger partial charge on any atom is 0.0732 e. The van der Waals surface area contributed by atoms with Crippen LogP contribution in [-0.2, 0) is 6.54 Å². The van der Waals surface area contributed by atoms with E-state index in [1.807, 2.05) is 0 Å². The van der Waals surface area contributed by atoms with Gasteiger partial charge in [0.1, 0.15) is 0 Å². The molecule has 1 fully saturated rings. The third kappa shape index (κ3) is 2.43. The van der Waals surface area contributed by atoms with Crippen molar-refractivity contribution in [2.45, 2.75) is 38.1 Å². The Morgan fingerprint density at radius 3 is 2.44 bits per heavy atom. The Hall–Kier alpha value is -0.480. The van der Waals surface area contributed by atoms with Gasteiger partial charge in [0.25, 0.3) is 0 Å². The van der Waals surface area contributed by atoms with Crippen molar-refractivity contribution < 1.29 is 0 Å². The molecule has 0 spiro atoms. The van der Waals surface area contributed by atoms with Crippen LogP contribution in [0.5, 0.6) is 0 Å². The van der Waals surface area contributed by atoms with E-state index in [0.717, 1.165) is 13.1 Å². The number of aromatic nitrogens is 2. The summed E-state index contributed by atoms with van der Waals surface area (Å²) < 4.78 is 2.17. The largest absolute Gasteiger partial charge is 0.301 e. The summed E-state index contributed by atoms with van der Waals surface area (Å²) >= 11 is 1.80. The summed E-state index contributed by atoms with van der Waals surface area (Å²) in [5.41, 5.74) is 2.50. The van der Waals surface area contributed by atoms with Gasteiger partial charge in [-0.2, -0.15) is 5.10 Å². The van der Waals surface area contributed by atoms with Gasteiger partial charge >= 0.3 is 0 Å². The Morgan fingerprint density at radius 2 is 1.88 bits per heavy atom. The fourth-order valence-electron chi connectivity index (χ4n) is 2.44. The molecule has 1 saturated heterocycles. The summed E-state index contributed by atoms with van der Waals surface area (Å²) in [6.07, 6.45) is 4.86. The van der Waals surface area contributed by atoms with Gasteiger partial charge in [0.15, 0.2) is 0 Å². The summed E-state index contributed by atoms with van der Waals surface area (Å²) in [5, 5.41) is 4.61. The van der Waals surface area contributed by atoms with E-state index >= 15 is 0 Å². The van der Waals surface area contributed by atoms with Crippen molar-refractivity contribution in [3.63, 3.8) is 0 Å². The maximum absolute atomic E-state index is 4.61. The molecule has 0 aromatic carbocycles. The van der Waals surface area contributed by atoms with E-state index in [1.54, 1.807) is 11.8 Å². The van der Waals surface area contributed by atoms with Crippen LogP contribution in [0.3, 0.4) is 0 Å². The van der Waals surface area contributed by atoms with Crippen LogP contribution in [0.15, 0.2) is 4.90 Å². The molecule has 1 aliphatic heterocycles. The highest BCUT2D eigenvalue weighted by molar-refractivity contribution is 7.98. The van der Waals surface area contributed by atoms with Gasteiger partial charge in [-0.05, 0) is 46.0 Å². The Bertz CT molecular complexity index is 353. The number of aryl methyl sites for hydroxylation is 1. The molecule has 0 aliphatic carbocycles. The normalized spacial score (nSPS) is 17.2. The quantitative estimate of drug-likeness (QED) is 0.752. The summed E-state index contributed by atoms with van der Waals surface area (Å²) in [7, 11) is 0. The molecule has 0 atom stereocenters. The van der Waals surface area contributed by atoms with E-state index in [9.17, 15) is 0 Å². The Morgan fingerprint density at radius 1 is 1.19 bits per heavy atom. The van der Waals surface area contributed by atoms with E-state index < -0.39 is 0 Å². The standard InChI is InChI=1S/C12H21N3S/c1-10-12(16-3)11(2)15(13-10)9-8-14-6-4-5-7-14/h4-9H2,1-3H3. The van der Waals surface area contributed by atoms with Crippen LogP contribution in [-0.4, -0.2) is 40.6 Å². The first-order chi connectivity index (χ1) is 7.72. The minimum atomic E-state index is 1.03. The van der Waals surface area contributed by atoms with Crippen LogP contribution in [0.1, 0.15) is 24.2 Å². The van der Waals surface area contributed by atoms with Crippen LogP contribution in [0.25, 0.3) is 0 Å². The van der Waals surface area contributed by atoms with E-state index in [-0.39, 0.29) is 0 Å². The Balaban J connectivity index is 1.98. The summed E-state index contributed by atoms with van der Waals surface area (Å²) in [5.74, 6) is 0. The van der Waals surface area contributed by atoms with Crippen LogP contribution < -0.4 is 0 Å². The molecule has 0 amide bonds. The molecule has 1 aromatic heterocycles. The van der Waals surface area contributed by atoms with Crippen molar-refractivity contribution in [1.29, 1.82) is 0 Å². The lowest BCUT2D eigenvalue weighted by molar-refractivity contribution is 0.314. The molecular weight excluding hydrogens is 218 g/mol. The summed E-state index contributed by atoms with van der Waals surface area (Å²) in [4.78, 5) is 3.89.